The minimum atomic E-state index is -0.0712. The Morgan fingerprint density at radius 3 is 3.00 bits per heavy atom. The van der Waals surface area contributed by atoms with Gasteiger partial charge in [0.1, 0.15) is 6.10 Å². The highest BCUT2D eigenvalue weighted by atomic mass is 16.5. The topological polar surface area (TPSA) is 26.3 Å². The van der Waals surface area contributed by atoms with Gasteiger partial charge in [-0.15, -0.1) is 0 Å². The predicted molar refractivity (Wildman–Crippen MR) is 33.9 cm³/mol. The van der Waals surface area contributed by atoms with Crippen molar-refractivity contribution in [2.24, 2.45) is 0 Å². The van der Waals surface area contributed by atoms with Gasteiger partial charge in [0.15, 0.2) is 0 Å². The third kappa shape index (κ3) is 1.56. The lowest BCUT2D eigenvalue weighted by atomic mass is 10.2. The quantitative estimate of drug-likeness (QED) is 0.390. The van der Waals surface area contributed by atoms with Gasteiger partial charge in [0.05, 0.1) is 0 Å². The van der Waals surface area contributed by atoms with Gasteiger partial charge in [-0.3, -0.25) is 4.79 Å². The molecule has 1 rings (SSSR count). The van der Waals surface area contributed by atoms with Gasteiger partial charge in [-0.2, -0.15) is 0 Å². The fourth-order valence-corrected chi connectivity index (χ4v) is 0.897. The van der Waals surface area contributed by atoms with Crippen molar-refractivity contribution in [3.8, 4) is 0 Å². The van der Waals surface area contributed by atoms with Crippen LogP contribution in [0.1, 0.15) is 19.8 Å². The van der Waals surface area contributed by atoms with E-state index in [9.17, 15) is 4.79 Å². The lowest BCUT2D eigenvalue weighted by Gasteiger charge is -1.99. The van der Waals surface area contributed by atoms with Gasteiger partial charge in [-0.1, -0.05) is 6.08 Å². The Kier molecular flexibility index (Phi) is 1.88. The monoisotopic (exact) mass is 126 g/mol. The number of carbonyl (C=O) groups excluding carboxylic acids is 1. The average Bonchev–Trinajstić information content (AvgIpc) is 2.17. The fraction of sp³-hybridized carbons (Fsp3) is 0.571. The second-order valence-corrected chi connectivity index (χ2v) is 2.09. The van der Waals surface area contributed by atoms with E-state index in [1.54, 1.807) is 0 Å². The molecule has 1 aliphatic heterocycles. The standard InChI is InChI=1S/C7H10O2/c1-2-3-6-4-5-7(8)9-6/h2-3,6H,4-5H2,1H3/b3-2+/t6-/m0/s1. The first-order valence-electron chi connectivity index (χ1n) is 3.15. The molecule has 2 heteroatoms. The van der Waals surface area contributed by atoms with Crippen molar-refractivity contribution in [1.29, 1.82) is 0 Å². The van der Waals surface area contributed by atoms with E-state index in [2.05, 4.69) is 0 Å². The number of carbonyl (C=O) groups is 1. The highest BCUT2D eigenvalue weighted by molar-refractivity contribution is 5.71. The van der Waals surface area contributed by atoms with Gasteiger partial charge in [-0.05, 0) is 19.4 Å². The van der Waals surface area contributed by atoms with Gasteiger partial charge in [0, 0.05) is 6.42 Å². The van der Waals surface area contributed by atoms with Crippen LogP contribution < -0.4 is 0 Å². The zero-order valence-electron chi connectivity index (χ0n) is 5.46. The first kappa shape index (κ1) is 6.33. The molecule has 0 unspecified atom stereocenters. The van der Waals surface area contributed by atoms with Gasteiger partial charge in [0.25, 0.3) is 0 Å². The number of cyclic esters (lactones) is 1. The van der Waals surface area contributed by atoms with E-state index in [1.165, 1.54) is 0 Å². The molecule has 1 atom stereocenters. The third-order valence-corrected chi connectivity index (χ3v) is 1.32. The maximum absolute atomic E-state index is 10.5. The van der Waals surface area contributed by atoms with Crippen molar-refractivity contribution in [1.82, 2.24) is 0 Å². The molecular weight excluding hydrogens is 116 g/mol. The molecule has 0 radical (unpaired) electrons. The molecule has 0 aromatic heterocycles. The van der Waals surface area contributed by atoms with Crippen LogP contribution in [0.25, 0.3) is 0 Å². The summed E-state index contributed by atoms with van der Waals surface area (Å²) in [6.07, 6.45) is 5.30. The van der Waals surface area contributed by atoms with Crippen molar-refractivity contribution in [2.75, 3.05) is 0 Å². The van der Waals surface area contributed by atoms with E-state index in [-0.39, 0.29) is 12.1 Å². The van der Waals surface area contributed by atoms with Crippen LogP contribution in [0.5, 0.6) is 0 Å². The molecule has 0 spiro atoms. The SMILES string of the molecule is C/C=C/[C@H]1CCC(=O)O1. The Hall–Kier alpha value is -0.790. The van der Waals surface area contributed by atoms with Crippen LogP contribution in [-0.2, 0) is 9.53 Å². The van der Waals surface area contributed by atoms with Crippen LogP contribution >= 0.6 is 0 Å². The normalized spacial score (nSPS) is 27.2. The summed E-state index contributed by atoms with van der Waals surface area (Å²) in [7, 11) is 0. The number of esters is 1. The van der Waals surface area contributed by atoms with E-state index in [4.69, 9.17) is 4.74 Å². The van der Waals surface area contributed by atoms with Crippen molar-refractivity contribution in [3.05, 3.63) is 12.2 Å². The predicted octanol–water partition coefficient (Wildman–Crippen LogP) is 1.27. The Balaban J connectivity index is 2.39. The molecule has 0 saturated carbocycles. The van der Waals surface area contributed by atoms with E-state index >= 15 is 0 Å². The molecule has 1 aliphatic rings. The second kappa shape index (κ2) is 2.67. The first-order chi connectivity index (χ1) is 4.33. The number of ether oxygens (including phenoxy) is 1. The van der Waals surface area contributed by atoms with Crippen molar-refractivity contribution in [3.63, 3.8) is 0 Å². The van der Waals surface area contributed by atoms with Crippen LogP contribution in [0.4, 0.5) is 0 Å². The number of hydrogen-bond acceptors (Lipinski definition) is 2. The highest BCUT2D eigenvalue weighted by Gasteiger charge is 2.19. The third-order valence-electron chi connectivity index (χ3n) is 1.32. The minimum absolute atomic E-state index is 0.0579. The molecule has 50 valence electrons. The van der Waals surface area contributed by atoms with E-state index in [0.29, 0.717) is 6.42 Å². The molecule has 0 aromatic carbocycles. The number of allylic oxidation sites excluding steroid dienone is 1. The summed E-state index contributed by atoms with van der Waals surface area (Å²) in [6.45, 7) is 1.92. The van der Waals surface area contributed by atoms with Crippen molar-refractivity contribution >= 4 is 5.97 Å². The highest BCUT2D eigenvalue weighted by Crippen LogP contribution is 2.13. The zero-order chi connectivity index (χ0) is 6.69. The van der Waals surface area contributed by atoms with Gasteiger partial charge in [0.2, 0.25) is 0 Å². The molecule has 9 heavy (non-hydrogen) atoms. The molecule has 2 nitrogen and oxygen atoms in total. The molecule has 0 aromatic rings. The molecule has 0 N–H and O–H groups in total. The van der Waals surface area contributed by atoms with Gasteiger partial charge in [-0.25, -0.2) is 0 Å². The largest absolute Gasteiger partial charge is 0.458 e. The van der Waals surface area contributed by atoms with Crippen LogP contribution in [0.2, 0.25) is 0 Å². The average molecular weight is 126 g/mol. The Bertz CT molecular complexity index is 138. The van der Waals surface area contributed by atoms with E-state index < -0.39 is 0 Å². The summed E-state index contributed by atoms with van der Waals surface area (Å²) in [5.41, 5.74) is 0. The molecule has 1 saturated heterocycles. The van der Waals surface area contributed by atoms with E-state index in [0.717, 1.165) is 6.42 Å². The smallest absolute Gasteiger partial charge is 0.306 e. The van der Waals surface area contributed by atoms with Gasteiger partial charge < -0.3 is 4.74 Å². The summed E-state index contributed by atoms with van der Waals surface area (Å²) in [4.78, 5) is 10.5. The second-order valence-electron chi connectivity index (χ2n) is 2.09. The molecular formula is C7H10O2. The molecule has 0 aliphatic carbocycles. The van der Waals surface area contributed by atoms with Crippen LogP contribution in [-0.4, -0.2) is 12.1 Å². The van der Waals surface area contributed by atoms with Crippen molar-refractivity contribution in [2.45, 2.75) is 25.9 Å². The summed E-state index contributed by atoms with van der Waals surface area (Å²) >= 11 is 0. The van der Waals surface area contributed by atoms with Crippen LogP contribution in [0.15, 0.2) is 12.2 Å². The molecule has 1 fully saturated rings. The summed E-state index contributed by atoms with van der Waals surface area (Å²) in [5, 5.41) is 0. The summed E-state index contributed by atoms with van der Waals surface area (Å²) < 4.78 is 4.88. The Morgan fingerprint density at radius 1 is 1.78 bits per heavy atom. The Labute approximate surface area is 54.5 Å². The van der Waals surface area contributed by atoms with Crippen molar-refractivity contribution < 1.29 is 9.53 Å². The van der Waals surface area contributed by atoms with Gasteiger partial charge >= 0.3 is 5.97 Å². The number of rotatable bonds is 1. The molecule has 0 bridgehead atoms. The molecule has 1 heterocycles. The first-order valence-corrected chi connectivity index (χ1v) is 3.15. The summed E-state index contributed by atoms with van der Waals surface area (Å²) in [6, 6.07) is 0. The molecule has 0 amide bonds. The van der Waals surface area contributed by atoms with E-state index in [1.807, 2.05) is 19.1 Å². The number of hydrogen-bond donors (Lipinski definition) is 0. The maximum Gasteiger partial charge on any atom is 0.306 e. The lowest BCUT2D eigenvalue weighted by Crippen LogP contribution is -2.01. The minimum Gasteiger partial charge on any atom is -0.458 e. The zero-order valence-corrected chi connectivity index (χ0v) is 5.46. The van der Waals surface area contributed by atoms with Crippen LogP contribution in [0.3, 0.4) is 0 Å². The fourth-order valence-electron chi connectivity index (χ4n) is 0.897. The van der Waals surface area contributed by atoms with Crippen LogP contribution in [0, 0.1) is 0 Å². The maximum atomic E-state index is 10.5. The lowest BCUT2D eigenvalue weighted by molar-refractivity contribution is -0.139. The summed E-state index contributed by atoms with van der Waals surface area (Å²) in [5.74, 6) is -0.0712. The Morgan fingerprint density at radius 2 is 2.56 bits per heavy atom.